The first kappa shape index (κ1) is 16.9. The van der Waals surface area contributed by atoms with Crippen molar-refractivity contribution < 1.29 is 22.8 Å². The van der Waals surface area contributed by atoms with Gasteiger partial charge in [-0.1, -0.05) is 6.07 Å². The molecule has 3 rings (SSSR count). The molecule has 0 spiro atoms. The molecule has 5 nitrogen and oxygen atoms in total. The number of nitrogens with one attached hydrogen (secondary N) is 1. The summed E-state index contributed by atoms with van der Waals surface area (Å²) in [6, 6.07) is 4.50. The van der Waals surface area contributed by atoms with Gasteiger partial charge in [-0.2, -0.15) is 0 Å². The number of anilines is 1. The van der Waals surface area contributed by atoms with Gasteiger partial charge < -0.3 is 10.2 Å². The van der Waals surface area contributed by atoms with Gasteiger partial charge in [0.25, 0.3) is 0 Å². The molecule has 2 amide bonds. The van der Waals surface area contributed by atoms with Crippen LogP contribution in [0.1, 0.15) is 24.4 Å². The van der Waals surface area contributed by atoms with Crippen LogP contribution in [0.5, 0.6) is 0 Å². The third-order valence-corrected chi connectivity index (χ3v) is 4.02. The maximum Gasteiger partial charge on any atom is 0.313 e. The number of carbonyl (C=O) groups excluding carboxylic acids is 2. The van der Waals surface area contributed by atoms with Crippen LogP contribution in [0.4, 0.5) is 18.9 Å². The molecule has 2 heterocycles. The predicted octanol–water partition coefficient (Wildman–Crippen LogP) is 2.80. The van der Waals surface area contributed by atoms with Crippen LogP contribution in [0.3, 0.4) is 0 Å². The number of carbonyl (C=O) groups is 2. The lowest BCUT2D eigenvalue weighted by atomic mass is 10.1. The van der Waals surface area contributed by atoms with Crippen LogP contribution in [0.2, 0.25) is 0 Å². The summed E-state index contributed by atoms with van der Waals surface area (Å²) in [5.74, 6) is -6.40. The van der Waals surface area contributed by atoms with Crippen molar-refractivity contribution in [2.45, 2.75) is 18.9 Å². The molecule has 1 saturated heterocycles. The van der Waals surface area contributed by atoms with Gasteiger partial charge in [0.1, 0.15) is 0 Å². The molecule has 8 heteroatoms. The maximum absolute atomic E-state index is 13.2. The van der Waals surface area contributed by atoms with E-state index in [4.69, 9.17) is 0 Å². The molecule has 1 aromatic carbocycles. The molecule has 1 aromatic heterocycles. The van der Waals surface area contributed by atoms with Crippen molar-refractivity contribution in [3.05, 3.63) is 59.7 Å². The highest BCUT2D eigenvalue weighted by Gasteiger charge is 2.33. The number of pyridine rings is 1. The minimum Gasteiger partial charge on any atom is -0.327 e. The van der Waals surface area contributed by atoms with E-state index in [1.165, 1.54) is 4.90 Å². The number of rotatable bonds is 2. The zero-order valence-electron chi connectivity index (χ0n) is 13.0. The molecule has 1 atom stereocenters. The Bertz CT molecular complexity index is 791. The van der Waals surface area contributed by atoms with Gasteiger partial charge in [-0.15, -0.1) is 0 Å². The van der Waals surface area contributed by atoms with E-state index in [0.717, 1.165) is 12.0 Å². The van der Waals surface area contributed by atoms with Gasteiger partial charge in [-0.25, -0.2) is 13.2 Å². The summed E-state index contributed by atoms with van der Waals surface area (Å²) in [6.45, 7) is 0.387. The van der Waals surface area contributed by atoms with Crippen LogP contribution in [-0.4, -0.2) is 28.2 Å². The summed E-state index contributed by atoms with van der Waals surface area (Å²) in [7, 11) is 0. The van der Waals surface area contributed by atoms with Gasteiger partial charge in [-0.05, 0) is 24.5 Å². The van der Waals surface area contributed by atoms with E-state index in [0.29, 0.717) is 25.1 Å². The molecule has 0 radical (unpaired) electrons. The second kappa shape index (κ2) is 6.92. The minimum absolute atomic E-state index is 0.284. The summed E-state index contributed by atoms with van der Waals surface area (Å²) in [4.78, 5) is 29.9. The van der Waals surface area contributed by atoms with E-state index in [-0.39, 0.29) is 11.7 Å². The number of halogens is 3. The maximum atomic E-state index is 13.2. The Morgan fingerprint density at radius 2 is 1.92 bits per heavy atom. The van der Waals surface area contributed by atoms with E-state index in [2.05, 4.69) is 10.3 Å². The van der Waals surface area contributed by atoms with Crippen molar-refractivity contribution in [3.8, 4) is 0 Å². The monoisotopic (exact) mass is 349 g/mol. The Labute approximate surface area is 141 Å². The lowest BCUT2D eigenvalue weighted by molar-refractivity contribution is -0.143. The summed E-state index contributed by atoms with van der Waals surface area (Å²) in [5.41, 5.74) is 0.479. The van der Waals surface area contributed by atoms with Gasteiger partial charge in [0.15, 0.2) is 17.5 Å². The van der Waals surface area contributed by atoms with Crippen LogP contribution >= 0.6 is 0 Å². The fourth-order valence-corrected chi connectivity index (χ4v) is 2.87. The average molecular weight is 349 g/mol. The minimum atomic E-state index is -1.64. The van der Waals surface area contributed by atoms with Crippen molar-refractivity contribution in [1.82, 2.24) is 9.88 Å². The summed E-state index contributed by atoms with van der Waals surface area (Å²) < 4.78 is 39.4. The van der Waals surface area contributed by atoms with Gasteiger partial charge in [-0.3, -0.25) is 14.6 Å². The van der Waals surface area contributed by atoms with Crippen LogP contribution in [0, 0.1) is 17.5 Å². The number of nitrogens with zero attached hydrogens (tertiary/aromatic N) is 2. The van der Waals surface area contributed by atoms with E-state index >= 15 is 0 Å². The van der Waals surface area contributed by atoms with Gasteiger partial charge >= 0.3 is 11.8 Å². The fourth-order valence-electron chi connectivity index (χ4n) is 2.87. The summed E-state index contributed by atoms with van der Waals surface area (Å²) >= 11 is 0. The van der Waals surface area contributed by atoms with Gasteiger partial charge in [0, 0.05) is 36.8 Å². The second-order valence-corrected chi connectivity index (χ2v) is 5.65. The SMILES string of the molecule is O=C(Nc1cc(F)c(F)c(F)c1)C(=O)N1CCC[C@@H]1c1cccnc1. The fraction of sp³-hybridized carbons (Fsp3) is 0.235. The number of amides is 2. The molecule has 0 bridgehead atoms. The first-order valence-electron chi connectivity index (χ1n) is 7.64. The van der Waals surface area contributed by atoms with E-state index in [1.807, 2.05) is 6.07 Å². The molecule has 2 aromatic rings. The lowest BCUT2D eigenvalue weighted by Gasteiger charge is -2.24. The second-order valence-electron chi connectivity index (χ2n) is 5.65. The molecule has 25 heavy (non-hydrogen) atoms. The molecule has 0 unspecified atom stereocenters. The Morgan fingerprint density at radius 3 is 2.56 bits per heavy atom. The van der Waals surface area contributed by atoms with Crippen LogP contribution in [0.15, 0.2) is 36.7 Å². The molecule has 1 fully saturated rings. The Hall–Kier alpha value is -2.90. The highest BCUT2D eigenvalue weighted by molar-refractivity contribution is 6.39. The first-order chi connectivity index (χ1) is 12.0. The Kier molecular flexibility index (Phi) is 4.69. The zero-order chi connectivity index (χ0) is 18.0. The first-order valence-corrected chi connectivity index (χ1v) is 7.64. The quantitative estimate of drug-likeness (QED) is 0.670. The van der Waals surface area contributed by atoms with Crippen LogP contribution < -0.4 is 5.32 Å². The molecular weight excluding hydrogens is 335 g/mol. The standard InChI is InChI=1S/C17H14F3N3O2/c18-12-7-11(8-13(19)15(12)20)22-16(24)17(25)23-6-2-4-14(23)10-3-1-5-21-9-10/h1,3,5,7-9,14H,2,4,6H2,(H,22,24)/t14-/m1/s1. The molecule has 0 aliphatic carbocycles. The lowest BCUT2D eigenvalue weighted by Crippen LogP contribution is -2.39. The van der Waals surface area contributed by atoms with Gasteiger partial charge in [0.05, 0.1) is 6.04 Å². The molecule has 1 aliphatic rings. The van der Waals surface area contributed by atoms with Crippen molar-refractivity contribution in [3.63, 3.8) is 0 Å². The molecule has 1 aliphatic heterocycles. The Morgan fingerprint density at radius 1 is 1.20 bits per heavy atom. The topological polar surface area (TPSA) is 62.3 Å². The number of hydrogen-bond donors (Lipinski definition) is 1. The van der Waals surface area contributed by atoms with Crippen LogP contribution in [0.25, 0.3) is 0 Å². The normalized spacial score (nSPS) is 16.8. The molecular formula is C17H14F3N3O2. The number of hydrogen-bond acceptors (Lipinski definition) is 3. The van der Waals surface area contributed by atoms with E-state index in [9.17, 15) is 22.8 Å². The zero-order valence-corrected chi connectivity index (χ0v) is 13.0. The van der Waals surface area contributed by atoms with Crippen molar-refractivity contribution in [2.24, 2.45) is 0 Å². The largest absolute Gasteiger partial charge is 0.327 e. The number of likely N-dealkylation sites (tertiary alicyclic amines) is 1. The van der Waals surface area contributed by atoms with E-state index < -0.39 is 29.3 Å². The molecule has 130 valence electrons. The average Bonchev–Trinajstić information content (AvgIpc) is 3.09. The van der Waals surface area contributed by atoms with Gasteiger partial charge in [0.2, 0.25) is 0 Å². The molecule has 1 N–H and O–H groups in total. The third-order valence-electron chi connectivity index (χ3n) is 4.02. The van der Waals surface area contributed by atoms with E-state index in [1.54, 1.807) is 18.5 Å². The van der Waals surface area contributed by atoms with Crippen LogP contribution in [-0.2, 0) is 9.59 Å². The summed E-state index contributed by atoms with van der Waals surface area (Å²) in [5, 5.41) is 2.11. The highest BCUT2D eigenvalue weighted by Crippen LogP contribution is 2.31. The van der Waals surface area contributed by atoms with Crippen molar-refractivity contribution in [1.29, 1.82) is 0 Å². The Balaban J connectivity index is 1.75. The molecule has 0 saturated carbocycles. The van der Waals surface area contributed by atoms with Crippen molar-refractivity contribution in [2.75, 3.05) is 11.9 Å². The number of aromatic nitrogens is 1. The predicted molar refractivity (Wildman–Crippen MR) is 82.9 cm³/mol. The highest BCUT2D eigenvalue weighted by atomic mass is 19.2. The smallest absolute Gasteiger partial charge is 0.313 e. The number of benzene rings is 1. The van der Waals surface area contributed by atoms with Crippen molar-refractivity contribution >= 4 is 17.5 Å². The third kappa shape index (κ3) is 3.47. The summed E-state index contributed by atoms with van der Waals surface area (Å²) in [6.07, 6.45) is 4.64.